The van der Waals surface area contributed by atoms with Crippen LogP contribution in [0.5, 0.6) is 11.5 Å². The van der Waals surface area contributed by atoms with E-state index in [2.05, 4.69) is 32.7 Å². The Morgan fingerprint density at radius 2 is 1.82 bits per heavy atom. The third-order valence-corrected chi connectivity index (χ3v) is 8.17. The fraction of sp³-hybridized carbons (Fsp3) is 0.412. The minimum atomic E-state index is -0.628. The number of ether oxygens (including phenoxy) is 2. The number of urea groups is 1. The van der Waals surface area contributed by atoms with Gasteiger partial charge >= 0.3 is 6.03 Å². The lowest BCUT2D eigenvalue weighted by Crippen LogP contribution is -2.36. The molecule has 238 valence electrons. The van der Waals surface area contributed by atoms with E-state index in [0.717, 1.165) is 40.5 Å². The number of pyridine rings is 1. The van der Waals surface area contributed by atoms with E-state index in [1.165, 1.54) is 7.11 Å². The summed E-state index contributed by atoms with van der Waals surface area (Å²) in [5.74, 6) is 1.40. The Morgan fingerprint density at radius 3 is 2.49 bits per heavy atom. The normalized spacial score (nSPS) is 17.1. The summed E-state index contributed by atoms with van der Waals surface area (Å²) in [6, 6.07) is 14.7. The Hall–Kier alpha value is -4.64. The maximum Gasteiger partial charge on any atom is 0.319 e. The zero-order chi connectivity index (χ0) is 32.5. The lowest BCUT2D eigenvalue weighted by molar-refractivity contribution is 0.0997. The van der Waals surface area contributed by atoms with Gasteiger partial charge in [0.25, 0.3) is 5.91 Å². The number of likely N-dealkylation sites (N-methyl/N-ethyl adjacent to an activating group) is 1. The number of amides is 3. The van der Waals surface area contributed by atoms with Gasteiger partial charge in [0.05, 0.1) is 30.6 Å². The van der Waals surface area contributed by atoms with Crippen LogP contribution in [0.15, 0.2) is 54.7 Å². The summed E-state index contributed by atoms with van der Waals surface area (Å²) in [6.45, 7) is 9.06. The number of fused-ring (bicyclic) bond motifs is 2. The van der Waals surface area contributed by atoms with Crippen LogP contribution in [-0.2, 0) is 5.41 Å². The summed E-state index contributed by atoms with van der Waals surface area (Å²) < 4.78 is 14.1. The van der Waals surface area contributed by atoms with Gasteiger partial charge in [0.2, 0.25) is 0 Å². The van der Waals surface area contributed by atoms with E-state index < -0.39 is 11.9 Å². The molecule has 0 saturated heterocycles. The molecule has 3 atom stereocenters. The summed E-state index contributed by atoms with van der Waals surface area (Å²) in [5.41, 5.74) is 9.60. The van der Waals surface area contributed by atoms with Crippen LogP contribution in [0.1, 0.15) is 91.5 Å². The first-order valence-corrected chi connectivity index (χ1v) is 15.2. The Kier molecular flexibility index (Phi) is 9.01. The van der Waals surface area contributed by atoms with Crippen LogP contribution < -0.4 is 25.8 Å². The number of nitrogens with zero attached hydrogens (tertiary/aromatic N) is 4. The summed E-state index contributed by atoms with van der Waals surface area (Å²) >= 11 is 0. The average Bonchev–Trinajstić information content (AvgIpc) is 3.40. The molecule has 0 aliphatic heterocycles. The highest BCUT2D eigenvalue weighted by molar-refractivity contribution is 6.00. The number of benzene rings is 2. The molecule has 0 spiro atoms. The molecule has 0 radical (unpaired) electrons. The minimum absolute atomic E-state index is 0.192. The summed E-state index contributed by atoms with van der Waals surface area (Å²) in [4.78, 5) is 27.8. The molecule has 2 heterocycles. The van der Waals surface area contributed by atoms with Gasteiger partial charge in [-0.3, -0.25) is 9.20 Å². The Balaban J connectivity index is 1.35. The molecule has 2 aromatic carbocycles. The van der Waals surface area contributed by atoms with Gasteiger partial charge in [-0.2, -0.15) is 0 Å². The molecular formula is C34H43N7O4. The summed E-state index contributed by atoms with van der Waals surface area (Å²) in [5, 5.41) is 14.8. The van der Waals surface area contributed by atoms with Crippen molar-refractivity contribution >= 4 is 23.3 Å². The predicted octanol–water partition coefficient (Wildman–Crippen LogP) is 5.58. The Labute approximate surface area is 264 Å². The lowest BCUT2D eigenvalue weighted by Gasteiger charge is -2.32. The second kappa shape index (κ2) is 12.8. The molecular weight excluding hydrogens is 570 g/mol. The second-order valence-electron chi connectivity index (χ2n) is 13.0. The highest BCUT2D eigenvalue weighted by Gasteiger charge is 2.30. The van der Waals surface area contributed by atoms with Crippen molar-refractivity contribution < 1.29 is 19.1 Å². The van der Waals surface area contributed by atoms with Gasteiger partial charge in [0.1, 0.15) is 17.7 Å². The van der Waals surface area contributed by atoms with Crippen LogP contribution in [0.4, 0.5) is 10.5 Å². The molecule has 5 rings (SSSR count). The van der Waals surface area contributed by atoms with Crippen molar-refractivity contribution in [2.45, 2.75) is 64.0 Å². The number of carbonyl (C=O) groups excluding carboxylic acids is 2. The third-order valence-electron chi connectivity index (χ3n) is 8.17. The van der Waals surface area contributed by atoms with Crippen molar-refractivity contribution in [3.8, 4) is 11.5 Å². The molecule has 0 fully saturated rings. The van der Waals surface area contributed by atoms with Crippen LogP contribution in [0, 0.1) is 0 Å². The molecule has 3 amide bonds. The van der Waals surface area contributed by atoms with Crippen LogP contribution in [0.3, 0.4) is 0 Å². The van der Waals surface area contributed by atoms with Crippen molar-refractivity contribution in [3.63, 3.8) is 0 Å². The SMILES string of the molecule is COc1c(NC(=O)N[C@H]2CC[C@@H](Oc3ccc4nnc(C(C)CN(C)C)n4c3)c3ccccc32)cc(C(C)(C)C)cc1C(N)=O. The fourth-order valence-corrected chi connectivity index (χ4v) is 5.99. The number of hydrogen-bond acceptors (Lipinski definition) is 7. The fourth-order valence-electron chi connectivity index (χ4n) is 5.99. The predicted molar refractivity (Wildman–Crippen MR) is 174 cm³/mol. The van der Waals surface area contributed by atoms with E-state index in [9.17, 15) is 9.59 Å². The lowest BCUT2D eigenvalue weighted by atomic mass is 9.85. The number of aromatic nitrogens is 3. The van der Waals surface area contributed by atoms with E-state index in [1.54, 1.807) is 6.07 Å². The van der Waals surface area contributed by atoms with E-state index in [-0.39, 0.29) is 34.8 Å². The number of rotatable bonds is 9. The van der Waals surface area contributed by atoms with Gasteiger partial charge in [-0.15, -0.1) is 10.2 Å². The zero-order valence-corrected chi connectivity index (χ0v) is 27.0. The maximum atomic E-state index is 13.4. The number of primary amides is 1. The van der Waals surface area contributed by atoms with Crippen molar-refractivity contribution in [2.24, 2.45) is 5.73 Å². The first-order chi connectivity index (χ1) is 21.3. The van der Waals surface area contributed by atoms with Crippen LogP contribution >= 0.6 is 0 Å². The zero-order valence-electron chi connectivity index (χ0n) is 27.0. The number of nitrogens with one attached hydrogen (secondary N) is 2. The van der Waals surface area contributed by atoms with E-state index in [0.29, 0.717) is 18.5 Å². The maximum absolute atomic E-state index is 13.4. The Morgan fingerprint density at radius 1 is 1.09 bits per heavy atom. The molecule has 0 bridgehead atoms. The quantitative estimate of drug-likeness (QED) is 0.224. The van der Waals surface area contributed by atoms with E-state index >= 15 is 0 Å². The summed E-state index contributed by atoms with van der Waals surface area (Å²) in [6.07, 6.45) is 3.12. The summed E-state index contributed by atoms with van der Waals surface area (Å²) in [7, 11) is 5.54. The second-order valence-corrected chi connectivity index (χ2v) is 13.0. The first-order valence-electron chi connectivity index (χ1n) is 15.2. The number of nitrogens with two attached hydrogens (primary N) is 1. The standard InChI is InChI=1S/C34H43N7O4/c1-20(18-40(5)6)32-39-38-29-15-12-22(19-41(29)32)45-28-14-13-26(23-10-8-9-11-24(23)28)36-33(43)37-27-17-21(34(2,3)4)16-25(31(35)42)30(27)44-7/h8-12,15-17,19-20,26,28H,13-14,18H2,1-7H3,(H2,35,42)(H2,36,37,43)/t20?,26-,28+/m0/s1. The van der Waals surface area contributed by atoms with Crippen LogP contribution in [0.25, 0.3) is 5.65 Å². The van der Waals surface area contributed by atoms with Crippen LogP contribution in [-0.4, -0.2) is 59.2 Å². The third kappa shape index (κ3) is 6.88. The molecule has 11 nitrogen and oxygen atoms in total. The van der Waals surface area contributed by atoms with Crippen molar-refractivity contribution in [3.05, 3.63) is 82.8 Å². The van der Waals surface area contributed by atoms with Crippen LogP contribution in [0.2, 0.25) is 0 Å². The topological polar surface area (TPSA) is 136 Å². The minimum Gasteiger partial charge on any atom is -0.494 e. The molecule has 2 aromatic heterocycles. The molecule has 45 heavy (non-hydrogen) atoms. The van der Waals surface area contributed by atoms with Crippen molar-refractivity contribution in [1.29, 1.82) is 0 Å². The van der Waals surface area contributed by atoms with Gasteiger partial charge < -0.3 is 30.7 Å². The number of carbonyl (C=O) groups is 2. The molecule has 4 aromatic rings. The number of methoxy groups -OCH3 is 1. The Bertz CT molecular complexity index is 1710. The highest BCUT2D eigenvalue weighted by Crippen LogP contribution is 2.40. The van der Waals surface area contributed by atoms with Gasteiger partial charge in [0, 0.05) is 12.5 Å². The first kappa shape index (κ1) is 31.8. The smallest absolute Gasteiger partial charge is 0.319 e. The monoisotopic (exact) mass is 613 g/mol. The molecule has 4 N–H and O–H groups in total. The van der Waals surface area contributed by atoms with E-state index in [4.69, 9.17) is 15.2 Å². The number of anilines is 1. The van der Waals surface area contributed by atoms with Crippen molar-refractivity contribution in [1.82, 2.24) is 24.8 Å². The highest BCUT2D eigenvalue weighted by atomic mass is 16.5. The van der Waals surface area contributed by atoms with Gasteiger partial charge in [-0.05, 0) is 73.3 Å². The molecule has 0 saturated carbocycles. The van der Waals surface area contributed by atoms with Crippen molar-refractivity contribution in [2.75, 3.05) is 33.1 Å². The molecule has 1 aliphatic rings. The van der Waals surface area contributed by atoms with Gasteiger partial charge in [0.15, 0.2) is 11.4 Å². The average molecular weight is 614 g/mol. The number of hydrogen-bond donors (Lipinski definition) is 3. The van der Waals surface area contributed by atoms with E-state index in [1.807, 2.05) is 87.9 Å². The molecule has 1 aliphatic carbocycles. The van der Waals surface area contributed by atoms with Gasteiger partial charge in [-0.1, -0.05) is 52.0 Å². The molecule has 11 heteroatoms. The largest absolute Gasteiger partial charge is 0.494 e. The molecule has 1 unspecified atom stereocenters. The van der Waals surface area contributed by atoms with Gasteiger partial charge in [-0.25, -0.2) is 4.79 Å².